The van der Waals surface area contributed by atoms with E-state index in [-0.39, 0.29) is 21.6 Å². The van der Waals surface area contributed by atoms with Crippen molar-refractivity contribution in [2.75, 3.05) is 5.01 Å². The Balaban J connectivity index is 2.01. The van der Waals surface area contributed by atoms with Crippen LogP contribution in [0.25, 0.3) is 0 Å². The van der Waals surface area contributed by atoms with E-state index in [1.807, 2.05) is 6.92 Å². The number of hydrogen-bond acceptors (Lipinski definition) is 7. The summed E-state index contributed by atoms with van der Waals surface area (Å²) in [7, 11) is -4.17. The molecular weight excluding hydrogens is 406 g/mol. The molecule has 0 spiro atoms. The third-order valence-electron chi connectivity index (χ3n) is 4.32. The van der Waals surface area contributed by atoms with Gasteiger partial charge in [0.25, 0.3) is 0 Å². The van der Waals surface area contributed by atoms with Crippen LogP contribution >= 0.6 is 11.6 Å². The van der Waals surface area contributed by atoms with Gasteiger partial charge in [-0.05, 0) is 37.6 Å². The molecule has 1 aromatic carbocycles. The Labute approximate surface area is 167 Å². The number of pyridine rings is 1. The predicted molar refractivity (Wildman–Crippen MR) is 104 cm³/mol. The molecule has 1 aliphatic rings. The maximum Gasteiger partial charge on any atom is 0.340 e. The summed E-state index contributed by atoms with van der Waals surface area (Å²) in [4.78, 5) is 15.9. The van der Waals surface area contributed by atoms with Crippen molar-refractivity contribution in [2.24, 2.45) is 11.0 Å². The highest BCUT2D eigenvalue weighted by atomic mass is 35.5. The van der Waals surface area contributed by atoms with Crippen molar-refractivity contribution in [3.63, 3.8) is 0 Å². The van der Waals surface area contributed by atoms with Crippen LogP contribution in [0, 0.1) is 12.8 Å². The van der Waals surface area contributed by atoms with E-state index in [1.165, 1.54) is 18.3 Å². The number of carboxylic acids is 1. The van der Waals surface area contributed by atoms with Crippen molar-refractivity contribution in [2.45, 2.75) is 31.2 Å². The summed E-state index contributed by atoms with van der Waals surface area (Å²) >= 11 is 6.13. The van der Waals surface area contributed by atoms with Crippen LogP contribution in [0.5, 0.6) is 0 Å². The fraction of sp³-hybridized carbons (Fsp3) is 0.278. The maximum atomic E-state index is 12.6. The first-order valence-corrected chi connectivity index (χ1v) is 10.3. The number of aryl methyl sites for hydroxylation is 1. The largest absolute Gasteiger partial charge is 0.480 e. The molecule has 2 heterocycles. The molecule has 0 radical (unpaired) electrons. The molecule has 2 atom stereocenters. The molecule has 2 aromatic rings. The van der Waals surface area contributed by atoms with Crippen LogP contribution < -0.4 is 5.01 Å². The average molecular weight is 424 g/mol. The lowest BCUT2D eigenvalue weighted by Gasteiger charge is -2.22. The number of carbonyl (C=O) groups is 1. The first-order chi connectivity index (χ1) is 13.2. The Kier molecular flexibility index (Phi) is 5.57. The van der Waals surface area contributed by atoms with E-state index in [1.54, 1.807) is 31.2 Å². The number of halogens is 1. The fourth-order valence-electron chi connectivity index (χ4n) is 2.89. The number of rotatable bonds is 5. The third kappa shape index (κ3) is 3.81. The van der Waals surface area contributed by atoms with Crippen molar-refractivity contribution in [1.82, 2.24) is 4.98 Å². The Bertz CT molecular complexity index is 1020. The van der Waals surface area contributed by atoms with Gasteiger partial charge in [0.05, 0.1) is 10.9 Å². The molecule has 148 valence electrons. The quantitative estimate of drug-likeness (QED) is 0.736. The van der Waals surface area contributed by atoms with Gasteiger partial charge in [-0.15, -0.1) is 5.10 Å². The molecule has 1 N–H and O–H groups in total. The summed E-state index contributed by atoms with van der Waals surface area (Å²) in [5, 5.41) is 15.1. The number of aliphatic carboxylic acids is 1. The Hall–Kier alpha value is -2.65. The van der Waals surface area contributed by atoms with Crippen molar-refractivity contribution < 1.29 is 22.5 Å². The first-order valence-electron chi connectivity index (χ1n) is 8.46. The summed E-state index contributed by atoms with van der Waals surface area (Å²) in [6.45, 7) is 3.55. The lowest BCUT2D eigenvalue weighted by Crippen LogP contribution is -2.41. The highest BCUT2D eigenvalue weighted by Gasteiger charge is 2.46. The summed E-state index contributed by atoms with van der Waals surface area (Å²) in [6.07, 6.45) is 1.73. The van der Waals surface area contributed by atoms with Gasteiger partial charge in [0.1, 0.15) is 4.90 Å². The molecule has 28 heavy (non-hydrogen) atoms. The van der Waals surface area contributed by atoms with Crippen molar-refractivity contribution >= 4 is 39.4 Å². The molecule has 0 aliphatic carbocycles. The molecule has 0 saturated heterocycles. The highest BCUT2D eigenvalue weighted by Crippen LogP contribution is 2.34. The zero-order valence-corrected chi connectivity index (χ0v) is 16.7. The molecule has 1 aromatic heterocycles. The Morgan fingerprint density at radius 1 is 1.29 bits per heavy atom. The lowest BCUT2D eigenvalue weighted by molar-refractivity contribution is -0.139. The van der Waals surface area contributed by atoms with Gasteiger partial charge in [0.15, 0.2) is 11.9 Å². The molecule has 3 rings (SSSR count). The Morgan fingerprint density at radius 2 is 1.96 bits per heavy atom. The number of anilines is 1. The zero-order chi connectivity index (χ0) is 20.5. The summed E-state index contributed by atoms with van der Waals surface area (Å²) < 4.78 is 30.5. The lowest BCUT2D eigenvalue weighted by atomic mass is 9.98. The molecule has 8 nitrogen and oxygen atoms in total. The molecule has 0 amide bonds. The highest BCUT2D eigenvalue weighted by molar-refractivity contribution is 7.87. The second-order valence-electron chi connectivity index (χ2n) is 6.24. The first kappa shape index (κ1) is 20.1. The van der Waals surface area contributed by atoms with Crippen molar-refractivity contribution in [1.29, 1.82) is 0 Å². The predicted octanol–water partition coefficient (Wildman–Crippen LogP) is 3.06. The van der Waals surface area contributed by atoms with Crippen molar-refractivity contribution in [3.05, 3.63) is 53.2 Å². The number of hydrogen-bond donors (Lipinski definition) is 1. The zero-order valence-electron chi connectivity index (χ0n) is 15.1. The van der Waals surface area contributed by atoms with Gasteiger partial charge in [-0.3, -0.25) is 0 Å². The van der Waals surface area contributed by atoms with E-state index in [9.17, 15) is 18.3 Å². The van der Waals surface area contributed by atoms with Crippen LogP contribution in [-0.4, -0.2) is 36.4 Å². The molecular formula is C18H18ClN3O5S. The SMILES string of the molecule is CCC1C(OS(=O)(=O)c2ccc(C)cc2)=NN(c2ncccc2Cl)C1C(=O)O. The normalized spacial score (nSPS) is 19.4. The number of hydrazone groups is 1. The van der Waals surface area contributed by atoms with Gasteiger partial charge in [-0.2, -0.15) is 8.42 Å². The molecule has 0 saturated carbocycles. The number of carboxylic acid groups (broad SMARTS) is 1. The minimum Gasteiger partial charge on any atom is -0.480 e. The van der Waals surface area contributed by atoms with Crippen LogP contribution in [0.15, 0.2) is 52.6 Å². The number of nitrogens with zero attached hydrogens (tertiary/aromatic N) is 3. The second kappa shape index (κ2) is 7.76. The van der Waals surface area contributed by atoms with Gasteiger partial charge in [0, 0.05) is 6.20 Å². The number of aromatic nitrogens is 1. The standard InChI is InChI=1S/C18H18ClN3O5S/c1-3-13-15(18(23)24)22(16-14(19)5-4-10-20-16)21-17(13)27-28(25,26)12-8-6-11(2)7-9-12/h4-10,13,15H,3H2,1-2H3,(H,23,24). The van der Waals surface area contributed by atoms with Gasteiger partial charge < -0.3 is 9.29 Å². The fourth-order valence-corrected chi connectivity index (χ4v) is 4.05. The molecule has 1 aliphatic heterocycles. The Morgan fingerprint density at radius 3 is 2.54 bits per heavy atom. The summed E-state index contributed by atoms with van der Waals surface area (Å²) in [5.41, 5.74) is 0.894. The maximum absolute atomic E-state index is 12.6. The van der Waals surface area contributed by atoms with Gasteiger partial charge in [-0.1, -0.05) is 36.2 Å². The molecule has 0 fully saturated rings. The van der Waals surface area contributed by atoms with Crippen molar-refractivity contribution in [3.8, 4) is 0 Å². The second-order valence-corrected chi connectivity index (χ2v) is 8.19. The van der Waals surface area contributed by atoms with Crippen LogP contribution in [0.2, 0.25) is 5.02 Å². The average Bonchev–Trinajstić information content (AvgIpc) is 3.00. The van der Waals surface area contributed by atoms with Gasteiger partial charge >= 0.3 is 16.1 Å². The van der Waals surface area contributed by atoms with E-state index < -0.39 is 28.0 Å². The van der Waals surface area contributed by atoms with E-state index in [0.29, 0.717) is 6.42 Å². The van der Waals surface area contributed by atoms with E-state index in [4.69, 9.17) is 15.8 Å². The van der Waals surface area contributed by atoms with E-state index in [0.717, 1.165) is 10.6 Å². The summed E-state index contributed by atoms with van der Waals surface area (Å²) in [6, 6.07) is 8.07. The molecule has 2 unspecified atom stereocenters. The smallest absolute Gasteiger partial charge is 0.340 e. The van der Waals surface area contributed by atoms with E-state index in [2.05, 4.69) is 10.1 Å². The monoisotopic (exact) mass is 423 g/mol. The van der Waals surface area contributed by atoms with Crippen LogP contribution in [0.4, 0.5) is 5.82 Å². The molecule has 0 bridgehead atoms. The minimum atomic E-state index is -4.17. The van der Waals surface area contributed by atoms with Gasteiger partial charge in [-0.25, -0.2) is 14.8 Å². The van der Waals surface area contributed by atoms with Gasteiger partial charge in [0.2, 0.25) is 5.90 Å². The van der Waals surface area contributed by atoms with E-state index >= 15 is 0 Å². The van der Waals surface area contributed by atoms with Crippen LogP contribution in [-0.2, 0) is 19.1 Å². The van der Waals surface area contributed by atoms with Crippen LogP contribution in [0.3, 0.4) is 0 Å². The number of benzene rings is 1. The summed E-state index contributed by atoms with van der Waals surface area (Å²) in [5.74, 6) is -2.09. The minimum absolute atomic E-state index is 0.0446. The molecule has 10 heteroatoms. The van der Waals surface area contributed by atoms with Crippen LogP contribution in [0.1, 0.15) is 18.9 Å². The topological polar surface area (TPSA) is 109 Å². The third-order valence-corrected chi connectivity index (χ3v) is 5.86.